The lowest BCUT2D eigenvalue weighted by molar-refractivity contribution is 0.0637. The standard InChI is InChI=1S/C16H19N3O/c1-11-6-4-5-9-19(11)16(20)14-10-18-15(17)13-8-3-2-7-12(13)14/h2-3,7-8,10-11H,4-6,9H2,1H3,(H2,17,18). The quantitative estimate of drug-likeness (QED) is 0.866. The molecule has 4 heteroatoms. The molecule has 2 N–H and O–H groups in total. The number of nitrogens with two attached hydrogens (primary N) is 1. The van der Waals surface area contributed by atoms with Gasteiger partial charge in [-0.05, 0) is 31.6 Å². The predicted octanol–water partition coefficient (Wildman–Crippen LogP) is 2.83. The van der Waals surface area contributed by atoms with Crippen molar-refractivity contribution in [3.05, 3.63) is 36.0 Å². The largest absolute Gasteiger partial charge is 0.383 e. The molecule has 1 aromatic carbocycles. The first-order valence-electron chi connectivity index (χ1n) is 7.12. The number of aromatic nitrogens is 1. The van der Waals surface area contributed by atoms with E-state index in [0.717, 1.165) is 30.2 Å². The van der Waals surface area contributed by atoms with Crippen LogP contribution in [0.2, 0.25) is 0 Å². The Hall–Kier alpha value is -2.10. The molecule has 3 rings (SSSR count). The second-order valence-electron chi connectivity index (χ2n) is 5.45. The van der Waals surface area contributed by atoms with Crippen LogP contribution in [0.4, 0.5) is 5.82 Å². The molecule has 20 heavy (non-hydrogen) atoms. The van der Waals surface area contributed by atoms with E-state index >= 15 is 0 Å². The monoisotopic (exact) mass is 269 g/mol. The van der Waals surface area contributed by atoms with E-state index in [2.05, 4.69) is 11.9 Å². The van der Waals surface area contributed by atoms with Gasteiger partial charge in [0, 0.05) is 24.2 Å². The van der Waals surface area contributed by atoms with Crippen LogP contribution in [0.15, 0.2) is 30.5 Å². The number of anilines is 1. The van der Waals surface area contributed by atoms with E-state index in [1.165, 1.54) is 6.42 Å². The zero-order valence-electron chi connectivity index (χ0n) is 11.7. The van der Waals surface area contributed by atoms with Gasteiger partial charge in [0.25, 0.3) is 5.91 Å². The van der Waals surface area contributed by atoms with Crippen LogP contribution < -0.4 is 5.73 Å². The van der Waals surface area contributed by atoms with Crippen LogP contribution in [-0.2, 0) is 0 Å². The van der Waals surface area contributed by atoms with Crippen molar-refractivity contribution >= 4 is 22.5 Å². The summed E-state index contributed by atoms with van der Waals surface area (Å²) in [5.74, 6) is 0.546. The number of carbonyl (C=O) groups is 1. The zero-order valence-corrected chi connectivity index (χ0v) is 11.7. The third kappa shape index (κ3) is 2.11. The molecule has 0 aliphatic carbocycles. The number of benzene rings is 1. The van der Waals surface area contributed by atoms with Crippen molar-refractivity contribution in [3.8, 4) is 0 Å². The van der Waals surface area contributed by atoms with Gasteiger partial charge in [0.15, 0.2) is 0 Å². The normalized spacial score (nSPS) is 19.2. The summed E-state index contributed by atoms with van der Waals surface area (Å²) in [4.78, 5) is 18.9. The van der Waals surface area contributed by atoms with Gasteiger partial charge < -0.3 is 10.6 Å². The number of fused-ring (bicyclic) bond motifs is 1. The number of likely N-dealkylation sites (tertiary alicyclic amines) is 1. The molecule has 0 saturated carbocycles. The van der Waals surface area contributed by atoms with Gasteiger partial charge in [-0.3, -0.25) is 4.79 Å². The van der Waals surface area contributed by atoms with Crippen LogP contribution in [-0.4, -0.2) is 28.4 Å². The number of pyridine rings is 1. The van der Waals surface area contributed by atoms with Crippen molar-refractivity contribution in [1.82, 2.24) is 9.88 Å². The maximum atomic E-state index is 12.8. The minimum absolute atomic E-state index is 0.0703. The molecular formula is C16H19N3O. The average Bonchev–Trinajstić information content (AvgIpc) is 2.48. The minimum Gasteiger partial charge on any atom is -0.383 e. The lowest BCUT2D eigenvalue weighted by atomic mass is 10.0. The number of amides is 1. The summed E-state index contributed by atoms with van der Waals surface area (Å²) >= 11 is 0. The van der Waals surface area contributed by atoms with Gasteiger partial charge in [-0.25, -0.2) is 4.98 Å². The molecule has 1 unspecified atom stereocenters. The molecule has 0 bridgehead atoms. The SMILES string of the molecule is CC1CCCCN1C(=O)c1cnc(N)c2ccccc12. The Morgan fingerprint density at radius 1 is 1.30 bits per heavy atom. The fraction of sp³-hybridized carbons (Fsp3) is 0.375. The number of hydrogen-bond donors (Lipinski definition) is 1. The summed E-state index contributed by atoms with van der Waals surface area (Å²) in [6.07, 6.45) is 4.97. The number of nitrogen functional groups attached to an aromatic ring is 1. The molecular weight excluding hydrogens is 250 g/mol. The van der Waals surface area contributed by atoms with Crippen LogP contribution in [0.1, 0.15) is 36.5 Å². The highest BCUT2D eigenvalue weighted by atomic mass is 16.2. The van der Waals surface area contributed by atoms with Crippen molar-refractivity contribution < 1.29 is 4.79 Å². The Labute approximate surface area is 118 Å². The summed E-state index contributed by atoms with van der Waals surface area (Å²) in [6, 6.07) is 7.99. The number of piperidine rings is 1. The summed E-state index contributed by atoms with van der Waals surface area (Å²) in [5.41, 5.74) is 6.55. The summed E-state index contributed by atoms with van der Waals surface area (Å²) in [7, 11) is 0. The topological polar surface area (TPSA) is 59.2 Å². The Bertz CT molecular complexity index is 653. The van der Waals surface area contributed by atoms with Crippen molar-refractivity contribution in [2.45, 2.75) is 32.2 Å². The van der Waals surface area contributed by atoms with Crippen molar-refractivity contribution in [3.63, 3.8) is 0 Å². The molecule has 4 nitrogen and oxygen atoms in total. The molecule has 1 fully saturated rings. The first kappa shape index (κ1) is 12.9. The fourth-order valence-electron chi connectivity index (χ4n) is 2.94. The number of hydrogen-bond acceptors (Lipinski definition) is 3. The molecule has 2 aromatic rings. The van der Waals surface area contributed by atoms with Crippen molar-refractivity contribution in [2.24, 2.45) is 0 Å². The van der Waals surface area contributed by atoms with Gasteiger partial charge >= 0.3 is 0 Å². The second-order valence-corrected chi connectivity index (χ2v) is 5.45. The summed E-state index contributed by atoms with van der Waals surface area (Å²) in [5, 5.41) is 1.74. The Balaban J connectivity index is 2.06. The van der Waals surface area contributed by atoms with E-state index in [1.807, 2.05) is 29.2 Å². The van der Waals surface area contributed by atoms with Gasteiger partial charge in [-0.2, -0.15) is 0 Å². The van der Waals surface area contributed by atoms with Crippen LogP contribution >= 0.6 is 0 Å². The van der Waals surface area contributed by atoms with Crippen LogP contribution in [0, 0.1) is 0 Å². The summed E-state index contributed by atoms with van der Waals surface area (Å²) in [6.45, 7) is 2.95. The third-order valence-electron chi connectivity index (χ3n) is 4.12. The Morgan fingerprint density at radius 3 is 2.80 bits per heavy atom. The number of carbonyl (C=O) groups excluding carboxylic acids is 1. The fourth-order valence-corrected chi connectivity index (χ4v) is 2.94. The molecule has 1 amide bonds. The highest BCUT2D eigenvalue weighted by Gasteiger charge is 2.25. The molecule has 1 saturated heterocycles. The Kier molecular flexibility index (Phi) is 3.30. The number of nitrogens with zero attached hydrogens (tertiary/aromatic N) is 2. The molecule has 2 heterocycles. The summed E-state index contributed by atoms with van der Waals surface area (Å²) < 4.78 is 0. The molecule has 1 aliphatic rings. The van der Waals surface area contributed by atoms with E-state index in [1.54, 1.807) is 6.20 Å². The van der Waals surface area contributed by atoms with E-state index in [4.69, 9.17) is 5.73 Å². The van der Waals surface area contributed by atoms with Gasteiger partial charge in [-0.15, -0.1) is 0 Å². The van der Waals surface area contributed by atoms with Gasteiger partial charge in [0.1, 0.15) is 5.82 Å². The molecule has 1 atom stereocenters. The van der Waals surface area contributed by atoms with E-state index in [-0.39, 0.29) is 5.91 Å². The van der Waals surface area contributed by atoms with Gasteiger partial charge in [-0.1, -0.05) is 24.3 Å². The second kappa shape index (κ2) is 5.12. The zero-order chi connectivity index (χ0) is 14.1. The molecule has 0 radical (unpaired) electrons. The Morgan fingerprint density at radius 2 is 2.05 bits per heavy atom. The molecule has 104 valence electrons. The molecule has 0 spiro atoms. The van der Waals surface area contributed by atoms with Gasteiger partial charge in [0.2, 0.25) is 0 Å². The van der Waals surface area contributed by atoms with E-state index in [9.17, 15) is 4.79 Å². The maximum absolute atomic E-state index is 12.8. The van der Waals surface area contributed by atoms with Crippen LogP contribution in [0.25, 0.3) is 10.8 Å². The van der Waals surface area contributed by atoms with E-state index in [0.29, 0.717) is 17.4 Å². The van der Waals surface area contributed by atoms with Crippen molar-refractivity contribution in [2.75, 3.05) is 12.3 Å². The first-order valence-corrected chi connectivity index (χ1v) is 7.12. The smallest absolute Gasteiger partial charge is 0.256 e. The first-order chi connectivity index (χ1) is 9.68. The minimum atomic E-state index is 0.0703. The third-order valence-corrected chi connectivity index (χ3v) is 4.12. The average molecular weight is 269 g/mol. The lowest BCUT2D eigenvalue weighted by Gasteiger charge is -2.33. The van der Waals surface area contributed by atoms with Crippen LogP contribution in [0.5, 0.6) is 0 Å². The highest BCUT2D eigenvalue weighted by Crippen LogP contribution is 2.26. The van der Waals surface area contributed by atoms with Crippen LogP contribution in [0.3, 0.4) is 0 Å². The predicted molar refractivity (Wildman–Crippen MR) is 80.5 cm³/mol. The van der Waals surface area contributed by atoms with Crippen molar-refractivity contribution in [1.29, 1.82) is 0 Å². The molecule has 1 aromatic heterocycles. The number of rotatable bonds is 1. The highest BCUT2D eigenvalue weighted by molar-refractivity contribution is 6.09. The van der Waals surface area contributed by atoms with E-state index < -0.39 is 0 Å². The molecule has 1 aliphatic heterocycles. The maximum Gasteiger partial charge on any atom is 0.256 e. The van der Waals surface area contributed by atoms with Gasteiger partial charge in [0.05, 0.1) is 5.56 Å². The lowest BCUT2D eigenvalue weighted by Crippen LogP contribution is -2.42.